The van der Waals surface area contributed by atoms with Crippen LogP contribution in [0.15, 0.2) is 18.2 Å². The van der Waals surface area contributed by atoms with Crippen molar-refractivity contribution in [2.45, 2.75) is 13.8 Å². The smallest absolute Gasteiger partial charge is 0.200 e. The number of hydrogen-bond acceptors (Lipinski definition) is 2. The van der Waals surface area contributed by atoms with Crippen molar-refractivity contribution in [3.63, 3.8) is 0 Å². The van der Waals surface area contributed by atoms with E-state index >= 15 is 0 Å². The van der Waals surface area contributed by atoms with Crippen molar-refractivity contribution >= 4 is 27.4 Å². The standard InChI is InChI=1S/C11H12NOS/c1-7-9-5-4-6-10(8(2)13)11(9)14-12(7)3/h4-6H,1-3H3/q+1. The highest BCUT2D eigenvalue weighted by Gasteiger charge is 2.17. The summed E-state index contributed by atoms with van der Waals surface area (Å²) in [6.07, 6.45) is 0. The lowest BCUT2D eigenvalue weighted by Gasteiger charge is -1.93. The highest BCUT2D eigenvalue weighted by atomic mass is 32.1. The van der Waals surface area contributed by atoms with E-state index in [9.17, 15) is 4.79 Å². The normalized spacial score (nSPS) is 10.8. The van der Waals surface area contributed by atoms with Gasteiger partial charge in [0.05, 0.1) is 5.39 Å². The average molecular weight is 206 g/mol. The second-order valence-electron chi connectivity index (χ2n) is 3.41. The molecule has 72 valence electrons. The molecule has 2 nitrogen and oxygen atoms in total. The van der Waals surface area contributed by atoms with Gasteiger partial charge in [0.25, 0.3) is 0 Å². The summed E-state index contributed by atoms with van der Waals surface area (Å²) in [6.45, 7) is 3.69. The first-order chi connectivity index (χ1) is 6.61. The molecular formula is C11H12NOS+. The van der Waals surface area contributed by atoms with E-state index in [0.29, 0.717) is 0 Å². The van der Waals surface area contributed by atoms with Gasteiger partial charge in [-0.05, 0) is 19.1 Å². The number of hydrogen-bond donors (Lipinski definition) is 0. The summed E-state index contributed by atoms with van der Waals surface area (Å²) in [5.74, 6) is 0.137. The Balaban J connectivity index is 2.88. The second kappa shape index (κ2) is 3.17. The molecule has 0 aliphatic carbocycles. The van der Waals surface area contributed by atoms with Gasteiger partial charge in [-0.15, -0.1) is 3.96 Å². The van der Waals surface area contributed by atoms with Crippen molar-refractivity contribution in [3.05, 3.63) is 29.5 Å². The highest BCUT2D eigenvalue weighted by Crippen LogP contribution is 2.24. The van der Waals surface area contributed by atoms with Crippen LogP contribution in [-0.4, -0.2) is 5.78 Å². The Morgan fingerprint density at radius 2 is 2.14 bits per heavy atom. The zero-order valence-electron chi connectivity index (χ0n) is 8.50. The van der Waals surface area contributed by atoms with Crippen molar-refractivity contribution < 1.29 is 8.75 Å². The van der Waals surface area contributed by atoms with Gasteiger partial charge in [-0.25, -0.2) is 0 Å². The average Bonchev–Trinajstić information content (AvgIpc) is 2.43. The summed E-state index contributed by atoms with van der Waals surface area (Å²) in [4.78, 5) is 11.4. The fraction of sp³-hybridized carbons (Fsp3) is 0.273. The van der Waals surface area contributed by atoms with E-state index in [1.807, 2.05) is 19.2 Å². The Labute approximate surface area is 86.9 Å². The SMILES string of the molecule is CC(=O)c1cccc2c(C)[n+](C)sc12. The molecule has 0 radical (unpaired) electrons. The molecular weight excluding hydrogens is 194 g/mol. The lowest BCUT2D eigenvalue weighted by Crippen LogP contribution is -2.24. The van der Waals surface area contributed by atoms with E-state index in [-0.39, 0.29) is 5.78 Å². The minimum atomic E-state index is 0.137. The van der Waals surface area contributed by atoms with Crippen LogP contribution >= 0.6 is 11.5 Å². The van der Waals surface area contributed by atoms with Gasteiger partial charge in [0.1, 0.15) is 16.2 Å². The van der Waals surface area contributed by atoms with Gasteiger partial charge >= 0.3 is 0 Å². The van der Waals surface area contributed by atoms with E-state index in [4.69, 9.17) is 0 Å². The van der Waals surface area contributed by atoms with E-state index in [1.165, 1.54) is 11.1 Å². The fourth-order valence-electron chi connectivity index (χ4n) is 1.57. The molecule has 0 atom stereocenters. The molecule has 14 heavy (non-hydrogen) atoms. The number of aryl methyl sites for hydroxylation is 2. The first-order valence-electron chi connectivity index (χ1n) is 4.51. The van der Waals surface area contributed by atoms with Gasteiger partial charge < -0.3 is 0 Å². The maximum Gasteiger partial charge on any atom is 0.200 e. The molecule has 0 saturated carbocycles. The molecule has 1 aromatic carbocycles. The predicted octanol–water partition coefficient (Wildman–Crippen LogP) is 2.24. The van der Waals surface area contributed by atoms with Crippen LogP contribution in [0.2, 0.25) is 0 Å². The third-order valence-electron chi connectivity index (χ3n) is 2.48. The summed E-state index contributed by atoms with van der Waals surface area (Å²) in [5, 5.41) is 1.19. The molecule has 0 bridgehead atoms. The number of fused-ring (bicyclic) bond motifs is 1. The second-order valence-corrected chi connectivity index (χ2v) is 4.55. The molecule has 0 saturated heterocycles. The van der Waals surface area contributed by atoms with Gasteiger partial charge in [-0.2, -0.15) is 0 Å². The van der Waals surface area contributed by atoms with Crippen molar-refractivity contribution in [2.75, 3.05) is 0 Å². The number of aromatic nitrogens is 1. The minimum Gasteiger partial charge on any atom is -0.294 e. The summed E-state index contributed by atoms with van der Waals surface area (Å²) < 4.78 is 3.19. The largest absolute Gasteiger partial charge is 0.294 e. The summed E-state index contributed by atoms with van der Waals surface area (Å²) in [7, 11) is 2.02. The molecule has 1 heterocycles. The third kappa shape index (κ3) is 1.24. The molecule has 0 N–H and O–H groups in total. The van der Waals surface area contributed by atoms with Crippen molar-refractivity contribution in [1.29, 1.82) is 0 Å². The Hall–Kier alpha value is -1.22. The zero-order chi connectivity index (χ0) is 10.3. The molecule has 2 aromatic rings. The molecule has 1 aromatic heterocycles. The van der Waals surface area contributed by atoms with Crippen LogP contribution in [0.3, 0.4) is 0 Å². The molecule has 2 rings (SSSR count). The Morgan fingerprint density at radius 1 is 1.43 bits per heavy atom. The Kier molecular flexibility index (Phi) is 2.11. The monoisotopic (exact) mass is 206 g/mol. The van der Waals surface area contributed by atoms with Crippen molar-refractivity contribution in [3.8, 4) is 0 Å². The van der Waals surface area contributed by atoms with Crippen LogP contribution in [0, 0.1) is 6.92 Å². The topological polar surface area (TPSA) is 20.9 Å². The summed E-state index contributed by atoms with van der Waals surface area (Å²) >= 11 is 1.63. The van der Waals surface area contributed by atoms with Crippen LogP contribution in [0.25, 0.3) is 10.1 Å². The van der Waals surface area contributed by atoms with Crippen LogP contribution in [0.5, 0.6) is 0 Å². The highest BCUT2D eigenvalue weighted by molar-refractivity contribution is 7.10. The first-order valence-corrected chi connectivity index (χ1v) is 5.28. The molecule has 0 aliphatic heterocycles. The maximum atomic E-state index is 11.4. The number of ketones is 1. The van der Waals surface area contributed by atoms with E-state index < -0.39 is 0 Å². The lowest BCUT2D eigenvalue weighted by atomic mass is 10.1. The molecule has 0 fully saturated rings. The fourth-order valence-corrected chi connectivity index (χ4v) is 2.71. The summed E-state index contributed by atoms with van der Waals surface area (Å²) in [6, 6.07) is 5.90. The van der Waals surface area contributed by atoms with Crippen LogP contribution in [-0.2, 0) is 7.05 Å². The molecule has 0 amide bonds. The van der Waals surface area contributed by atoms with Gasteiger partial charge in [0.2, 0.25) is 5.69 Å². The number of nitrogens with zero attached hydrogens (tertiary/aromatic N) is 1. The van der Waals surface area contributed by atoms with Gasteiger partial charge in [-0.1, -0.05) is 6.07 Å². The minimum absolute atomic E-state index is 0.137. The molecule has 3 heteroatoms. The first kappa shape index (κ1) is 9.34. The third-order valence-corrected chi connectivity index (χ3v) is 3.65. The molecule has 0 spiro atoms. The van der Waals surface area contributed by atoms with E-state index in [1.54, 1.807) is 18.5 Å². The number of rotatable bonds is 1. The number of benzene rings is 1. The number of carbonyl (C=O) groups excluding carboxylic acids is 1. The zero-order valence-corrected chi connectivity index (χ0v) is 9.31. The van der Waals surface area contributed by atoms with Gasteiger partial charge in [0.15, 0.2) is 12.8 Å². The van der Waals surface area contributed by atoms with E-state index in [2.05, 4.69) is 16.9 Å². The Morgan fingerprint density at radius 3 is 2.79 bits per heavy atom. The summed E-state index contributed by atoms with van der Waals surface area (Å²) in [5.41, 5.74) is 2.05. The predicted molar refractivity (Wildman–Crippen MR) is 57.7 cm³/mol. The van der Waals surface area contributed by atoms with Gasteiger partial charge in [0, 0.05) is 12.5 Å². The van der Waals surface area contributed by atoms with Crippen LogP contribution in [0.1, 0.15) is 23.0 Å². The van der Waals surface area contributed by atoms with Crippen LogP contribution in [0.4, 0.5) is 0 Å². The van der Waals surface area contributed by atoms with Gasteiger partial charge in [-0.3, -0.25) is 4.79 Å². The number of carbonyl (C=O) groups is 1. The molecule has 0 aliphatic rings. The maximum absolute atomic E-state index is 11.4. The quantitative estimate of drug-likeness (QED) is 0.518. The number of Topliss-reactive ketones (excluding diaryl/α,β-unsaturated/α-hetero) is 1. The van der Waals surface area contributed by atoms with Crippen molar-refractivity contribution in [2.24, 2.45) is 7.05 Å². The lowest BCUT2D eigenvalue weighted by molar-refractivity contribution is -0.606. The van der Waals surface area contributed by atoms with E-state index in [0.717, 1.165) is 10.3 Å². The molecule has 0 unspecified atom stereocenters. The van der Waals surface area contributed by atoms with Crippen molar-refractivity contribution in [1.82, 2.24) is 0 Å². The Bertz CT molecular complexity index is 513. The van der Waals surface area contributed by atoms with Crippen LogP contribution < -0.4 is 3.96 Å².